The van der Waals surface area contributed by atoms with Gasteiger partial charge < -0.3 is 4.98 Å². The molecule has 0 amide bonds. The number of rotatable bonds is 1. The van der Waals surface area contributed by atoms with Crippen LogP contribution < -0.4 is 0 Å². The molecule has 0 unspecified atom stereocenters. The Kier molecular flexibility index (Phi) is 1.98. The Labute approximate surface area is 97.6 Å². The highest BCUT2D eigenvalue weighted by Crippen LogP contribution is 2.28. The number of hydrogen-bond donors (Lipinski definition) is 1. The maximum Gasteiger partial charge on any atom is 0.0864 e. The van der Waals surface area contributed by atoms with E-state index in [0.717, 1.165) is 32.5 Å². The minimum atomic E-state index is 0.741. The maximum absolute atomic E-state index is 6.00. The molecule has 1 N–H and O–H groups in total. The van der Waals surface area contributed by atoms with E-state index in [1.165, 1.54) is 0 Å². The molecule has 2 heterocycles. The van der Waals surface area contributed by atoms with E-state index in [4.69, 9.17) is 11.6 Å². The molecular weight excluding hydrogens is 220 g/mol. The fourth-order valence-corrected chi connectivity index (χ4v) is 2.14. The van der Waals surface area contributed by atoms with Gasteiger partial charge in [-0.25, -0.2) is 0 Å². The van der Waals surface area contributed by atoms with Gasteiger partial charge >= 0.3 is 0 Å². The monoisotopic (exact) mass is 228 g/mol. The molecule has 0 saturated heterocycles. The van der Waals surface area contributed by atoms with Gasteiger partial charge in [0.25, 0.3) is 0 Å². The van der Waals surface area contributed by atoms with E-state index in [1.54, 1.807) is 12.3 Å². The summed E-state index contributed by atoms with van der Waals surface area (Å²) in [6, 6.07) is 7.80. The van der Waals surface area contributed by atoms with Crippen LogP contribution in [0.1, 0.15) is 5.69 Å². The average Bonchev–Trinajstić information content (AvgIpc) is 2.67. The summed E-state index contributed by atoms with van der Waals surface area (Å²) >= 11 is 6.00. The van der Waals surface area contributed by atoms with Crippen LogP contribution >= 0.6 is 11.6 Å². The van der Waals surface area contributed by atoms with Crippen molar-refractivity contribution in [1.82, 2.24) is 9.97 Å². The van der Waals surface area contributed by atoms with Crippen LogP contribution in [0.25, 0.3) is 27.9 Å². The molecule has 0 radical (unpaired) electrons. The van der Waals surface area contributed by atoms with Crippen LogP contribution in [-0.2, 0) is 0 Å². The van der Waals surface area contributed by atoms with Crippen LogP contribution in [0.15, 0.2) is 37.0 Å². The zero-order valence-electron chi connectivity index (χ0n) is 8.50. The second-order valence-electron chi connectivity index (χ2n) is 3.64. The van der Waals surface area contributed by atoms with Crippen molar-refractivity contribution >= 4 is 39.5 Å². The van der Waals surface area contributed by atoms with E-state index in [2.05, 4.69) is 16.5 Å². The molecule has 0 atom stereocenters. The zero-order chi connectivity index (χ0) is 11.1. The number of hydrogen-bond acceptors (Lipinski definition) is 1. The number of halogens is 1. The first-order valence-electron chi connectivity index (χ1n) is 4.98. The third-order valence-electron chi connectivity index (χ3n) is 2.71. The van der Waals surface area contributed by atoms with Crippen molar-refractivity contribution in [1.29, 1.82) is 0 Å². The quantitative estimate of drug-likeness (QED) is 0.670. The van der Waals surface area contributed by atoms with Crippen molar-refractivity contribution < 1.29 is 0 Å². The number of fused-ring (bicyclic) bond motifs is 3. The number of aromatic nitrogens is 2. The number of pyridine rings is 1. The summed E-state index contributed by atoms with van der Waals surface area (Å²) in [4.78, 5) is 7.59. The van der Waals surface area contributed by atoms with Gasteiger partial charge in [0.1, 0.15) is 0 Å². The molecule has 0 saturated carbocycles. The van der Waals surface area contributed by atoms with Crippen LogP contribution in [0.4, 0.5) is 0 Å². The normalized spacial score (nSPS) is 11.1. The SMILES string of the molecule is C=Cc1nccc2c1[nH]c1ccc(Cl)cc12. The average molecular weight is 229 g/mol. The Hall–Kier alpha value is -1.80. The van der Waals surface area contributed by atoms with Crippen molar-refractivity contribution in [2.45, 2.75) is 0 Å². The number of benzene rings is 1. The van der Waals surface area contributed by atoms with Crippen LogP contribution in [-0.4, -0.2) is 9.97 Å². The molecule has 0 fully saturated rings. The smallest absolute Gasteiger partial charge is 0.0864 e. The molecule has 2 aromatic heterocycles. The predicted octanol–water partition coefficient (Wildman–Crippen LogP) is 4.01. The summed E-state index contributed by atoms with van der Waals surface area (Å²) in [5.74, 6) is 0. The van der Waals surface area contributed by atoms with Gasteiger partial charge in [-0.2, -0.15) is 0 Å². The summed E-state index contributed by atoms with van der Waals surface area (Å²) in [6.45, 7) is 3.76. The van der Waals surface area contributed by atoms with Gasteiger partial charge in [0, 0.05) is 27.5 Å². The van der Waals surface area contributed by atoms with Gasteiger partial charge in [0.2, 0.25) is 0 Å². The van der Waals surface area contributed by atoms with E-state index < -0.39 is 0 Å². The number of nitrogens with one attached hydrogen (secondary N) is 1. The lowest BCUT2D eigenvalue weighted by atomic mass is 10.1. The minimum Gasteiger partial charge on any atom is -0.353 e. The minimum absolute atomic E-state index is 0.741. The summed E-state index contributed by atoms with van der Waals surface area (Å²) in [5, 5.41) is 2.99. The van der Waals surface area contributed by atoms with Crippen molar-refractivity contribution in [2.24, 2.45) is 0 Å². The number of aromatic amines is 1. The van der Waals surface area contributed by atoms with E-state index in [0.29, 0.717) is 0 Å². The molecule has 78 valence electrons. The third-order valence-corrected chi connectivity index (χ3v) is 2.94. The second kappa shape index (κ2) is 3.35. The summed E-state index contributed by atoms with van der Waals surface area (Å²) < 4.78 is 0. The van der Waals surface area contributed by atoms with E-state index in [1.807, 2.05) is 24.3 Å². The molecule has 2 nitrogen and oxygen atoms in total. The van der Waals surface area contributed by atoms with Crippen molar-refractivity contribution in [3.05, 3.63) is 47.8 Å². The molecule has 0 spiro atoms. The van der Waals surface area contributed by atoms with E-state index >= 15 is 0 Å². The van der Waals surface area contributed by atoms with E-state index in [-0.39, 0.29) is 0 Å². The number of H-pyrrole nitrogens is 1. The van der Waals surface area contributed by atoms with Gasteiger partial charge in [-0.05, 0) is 30.3 Å². The lowest BCUT2D eigenvalue weighted by molar-refractivity contribution is 1.31. The highest BCUT2D eigenvalue weighted by Gasteiger charge is 2.07. The Morgan fingerprint density at radius 2 is 2.12 bits per heavy atom. The van der Waals surface area contributed by atoms with Gasteiger partial charge in [-0.1, -0.05) is 18.2 Å². The van der Waals surface area contributed by atoms with Crippen LogP contribution in [0, 0.1) is 0 Å². The highest BCUT2D eigenvalue weighted by molar-refractivity contribution is 6.31. The Bertz CT molecular complexity index is 698. The molecule has 0 aliphatic heterocycles. The summed E-state index contributed by atoms with van der Waals surface area (Å²) in [7, 11) is 0. The summed E-state index contributed by atoms with van der Waals surface area (Å²) in [5.41, 5.74) is 2.94. The molecule has 0 aliphatic carbocycles. The van der Waals surface area contributed by atoms with E-state index in [9.17, 15) is 0 Å². The lowest BCUT2D eigenvalue weighted by Crippen LogP contribution is -1.80. The largest absolute Gasteiger partial charge is 0.353 e. The molecule has 16 heavy (non-hydrogen) atoms. The first kappa shape index (κ1) is 9.43. The number of nitrogens with zero attached hydrogens (tertiary/aromatic N) is 1. The third kappa shape index (κ3) is 1.24. The van der Waals surface area contributed by atoms with Crippen LogP contribution in [0.5, 0.6) is 0 Å². The molecular formula is C13H9ClN2. The molecule has 3 aromatic rings. The zero-order valence-corrected chi connectivity index (χ0v) is 9.25. The highest BCUT2D eigenvalue weighted by atomic mass is 35.5. The fraction of sp³-hybridized carbons (Fsp3) is 0. The second-order valence-corrected chi connectivity index (χ2v) is 4.07. The Morgan fingerprint density at radius 3 is 2.94 bits per heavy atom. The summed E-state index contributed by atoms with van der Waals surface area (Å²) in [6.07, 6.45) is 3.53. The van der Waals surface area contributed by atoms with Crippen molar-refractivity contribution in [3.63, 3.8) is 0 Å². The fourth-order valence-electron chi connectivity index (χ4n) is 1.97. The predicted molar refractivity (Wildman–Crippen MR) is 68.7 cm³/mol. The van der Waals surface area contributed by atoms with Crippen molar-refractivity contribution in [2.75, 3.05) is 0 Å². The standard InChI is InChI=1S/C13H9ClN2/c1-2-11-13-9(5-6-15-11)10-7-8(14)3-4-12(10)16-13/h2-7,16H,1H2. The van der Waals surface area contributed by atoms with Gasteiger partial charge in [0.05, 0.1) is 11.2 Å². The molecule has 1 aromatic carbocycles. The van der Waals surface area contributed by atoms with Crippen LogP contribution in [0.3, 0.4) is 0 Å². The molecule has 0 aliphatic rings. The molecule has 0 bridgehead atoms. The van der Waals surface area contributed by atoms with Gasteiger partial charge in [0.15, 0.2) is 0 Å². The lowest BCUT2D eigenvalue weighted by Gasteiger charge is -1.94. The Morgan fingerprint density at radius 1 is 1.25 bits per heavy atom. The van der Waals surface area contributed by atoms with Gasteiger partial charge in [-0.15, -0.1) is 0 Å². The van der Waals surface area contributed by atoms with Crippen molar-refractivity contribution in [3.8, 4) is 0 Å². The first-order valence-corrected chi connectivity index (χ1v) is 5.36. The molecule has 3 heteroatoms. The van der Waals surface area contributed by atoms with Crippen LogP contribution in [0.2, 0.25) is 5.02 Å². The molecule has 3 rings (SSSR count). The Balaban J connectivity index is 2.55. The van der Waals surface area contributed by atoms with Gasteiger partial charge in [-0.3, -0.25) is 4.98 Å². The topological polar surface area (TPSA) is 28.7 Å². The maximum atomic E-state index is 6.00. The first-order chi connectivity index (χ1) is 7.79.